The standard InChI is InChI=1S/C34H52O4S/c1-21(2)25-12-17-34(20-37-22(3)35)19-18-32(8)24(29(34)39-25)10-11-27-31(7)15-14-28(38-23(4)36)30(5,6)26(31)13-16-33(27,32)9/h12,21,26-28H,10-11,13-20H2,1-9H3/t26-,27+,28-,31-,32+,33+,34+/m0/s1. The van der Waals surface area contributed by atoms with Gasteiger partial charge in [-0.3, -0.25) is 9.59 Å². The number of rotatable bonds is 4. The van der Waals surface area contributed by atoms with Crippen molar-refractivity contribution in [2.24, 2.45) is 44.8 Å². The summed E-state index contributed by atoms with van der Waals surface area (Å²) < 4.78 is 11.7. The van der Waals surface area contributed by atoms with Crippen molar-refractivity contribution in [3.8, 4) is 0 Å². The smallest absolute Gasteiger partial charge is 0.302 e. The fourth-order valence-corrected chi connectivity index (χ4v) is 12.0. The summed E-state index contributed by atoms with van der Waals surface area (Å²) in [7, 11) is 0. The van der Waals surface area contributed by atoms with E-state index in [-0.39, 0.29) is 45.1 Å². The molecule has 4 nitrogen and oxygen atoms in total. The van der Waals surface area contributed by atoms with Gasteiger partial charge in [-0.15, -0.1) is 0 Å². The molecule has 3 fully saturated rings. The Morgan fingerprint density at radius 1 is 0.949 bits per heavy atom. The third-order valence-electron chi connectivity index (χ3n) is 12.8. The molecule has 1 heterocycles. The fourth-order valence-electron chi connectivity index (χ4n) is 10.5. The first kappa shape index (κ1) is 29.3. The molecule has 3 saturated carbocycles. The fraction of sp³-hybridized carbons (Fsp3) is 0.824. The zero-order chi connectivity index (χ0) is 28.6. The average molecular weight is 557 g/mol. The molecular weight excluding hydrogens is 504 g/mol. The van der Waals surface area contributed by atoms with Crippen molar-refractivity contribution in [3.63, 3.8) is 0 Å². The van der Waals surface area contributed by atoms with E-state index in [4.69, 9.17) is 9.47 Å². The van der Waals surface area contributed by atoms with Crippen LogP contribution in [0.1, 0.15) is 120 Å². The zero-order valence-electron chi connectivity index (χ0n) is 26.0. The summed E-state index contributed by atoms with van der Waals surface area (Å²) in [6, 6.07) is 0. The predicted octanol–water partition coefficient (Wildman–Crippen LogP) is 8.85. The van der Waals surface area contributed by atoms with Gasteiger partial charge in [0.2, 0.25) is 0 Å². The monoisotopic (exact) mass is 556 g/mol. The summed E-state index contributed by atoms with van der Waals surface area (Å²) in [5, 5.41) is 0. The number of ether oxygens (including phenoxy) is 2. The third-order valence-corrected chi connectivity index (χ3v) is 14.6. The Morgan fingerprint density at radius 3 is 2.31 bits per heavy atom. The summed E-state index contributed by atoms with van der Waals surface area (Å²) >= 11 is 2.02. The minimum Gasteiger partial charge on any atom is -0.465 e. The summed E-state index contributed by atoms with van der Waals surface area (Å²) in [5.74, 6) is 1.42. The maximum Gasteiger partial charge on any atom is 0.302 e. The van der Waals surface area contributed by atoms with Gasteiger partial charge in [0.1, 0.15) is 12.7 Å². The van der Waals surface area contributed by atoms with Gasteiger partial charge < -0.3 is 9.47 Å². The molecule has 0 spiro atoms. The minimum absolute atomic E-state index is 0.0123. The van der Waals surface area contributed by atoms with Crippen LogP contribution in [0.5, 0.6) is 0 Å². The highest BCUT2D eigenvalue weighted by atomic mass is 32.2. The highest BCUT2D eigenvalue weighted by molar-refractivity contribution is 8.06. The minimum atomic E-state index is -0.167. The van der Waals surface area contributed by atoms with Gasteiger partial charge in [-0.05, 0) is 102 Å². The SMILES string of the molecule is CC(=O)OC[C@]12CC=C(C(C)C)SC1=C1CC[C@@H]3[C@@]4(C)CC[C@H](OC(C)=O)C(C)(C)[C@@H]4CC[C@@]3(C)[C@]1(C)CC2. The number of thioether (sulfide) groups is 1. The van der Waals surface area contributed by atoms with Crippen molar-refractivity contribution in [2.45, 2.75) is 126 Å². The lowest BCUT2D eigenvalue weighted by Gasteiger charge is -2.70. The van der Waals surface area contributed by atoms with Gasteiger partial charge in [0.25, 0.3) is 0 Å². The van der Waals surface area contributed by atoms with Gasteiger partial charge in [-0.1, -0.05) is 71.9 Å². The van der Waals surface area contributed by atoms with E-state index in [2.05, 4.69) is 54.5 Å². The van der Waals surface area contributed by atoms with Gasteiger partial charge in [-0.2, -0.15) is 0 Å². The lowest BCUT2D eigenvalue weighted by molar-refractivity contribution is -0.213. The molecule has 0 amide bonds. The average Bonchev–Trinajstić information content (AvgIpc) is 2.84. The quantitative estimate of drug-likeness (QED) is 0.324. The molecule has 1 aliphatic heterocycles. The van der Waals surface area contributed by atoms with Crippen LogP contribution in [0.25, 0.3) is 0 Å². The second-order valence-electron chi connectivity index (χ2n) is 15.3. The Balaban J connectivity index is 1.55. The molecule has 218 valence electrons. The van der Waals surface area contributed by atoms with Crippen LogP contribution in [0.15, 0.2) is 21.5 Å². The van der Waals surface area contributed by atoms with E-state index in [9.17, 15) is 9.59 Å². The molecule has 0 aromatic rings. The second kappa shape index (κ2) is 9.66. The number of allylic oxidation sites excluding steroid dienone is 3. The molecule has 7 atom stereocenters. The third kappa shape index (κ3) is 4.29. The molecule has 5 rings (SSSR count). The van der Waals surface area contributed by atoms with Gasteiger partial charge in [0.05, 0.1) is 0 Å². The highest BCUT2D eigenvalue weighted by Crippen LogP contribution is 2.76. The number of carbonyl (C=O) groups excluding carboxylic acids is 2. The van der Waals surface area contributed by atoms with Crippen LogP contribution in [0.4, 0.5) is 0 Å². The van der Waals surface area contributed by atoms with Crippen LogP contribution in [-0.4, -0.2) is 24.6 Å². The van der Waals surface area contributed by atoms with E-state index < -0.39 is 0 Å². The number of hydrogen-bond donors (Lipinski definition) is 0. The molecular formula is C34H52O4S. The van der Waals surface area contributed by atoms with Crippen LogP contribution in [0.2, 0.25) is 0 Å². The molecule has 4 aliphatic carbocycles. The van der Waals surface area contributed by atoms with E-state index in [1.54, 1.807) is 24.3 Å². The Morgan fingerprint density at radius 2 is 1.67 bits per heavy atom. The summed E-state index contributed by atoms with van der Waals surface area (Å²) in [6.45, 7) is 20.8. The van der Waals surface area contributed by atoms with Crippen LogP contribution in [0.3, 0.4) is 0 Å². The van der Waals surface area contributed by atoms with Crippen molar-refractivity contribution < 1.29 is 19.1 Å². The van der Waals surface area contributed by atoms with Crippen LogP contribution < -0.4 is 0 Å². The van der Waals surface area contributed by atoms with Crippen molar-refractivity contribution >= 4 is 23.7 Å². The van der Waals surface area contributed by atoms with Crippen LogP contribution >= 0.6 is 11.8 Å². The number of hydrogen-bond acceptors (Lipinski definition) is 5. The molecule has 5 heteroatoms. The largest absolute Gasteiger partial charge is 0.465 e. The Kier molecular flexibility index (Phi) is 7.25. The van der Waals surface area contributed by atoms with E-state index in [0.717, 1.165) is 32.1 Å². The van der Waals surface area contributed by atoms with Crippen molar-refractivity contribution in [1.29, 1.82) is 0 Å². The van der Waals surface area contributed by atoms with E-state index in [1.165, 1.54) is 30.6 Å². The predicted molar refractivity (Wildman–Crippen MR) is 159 cm³/mol. The first-order chi connectivity index (χ1) is 18.1. The first-order valence-corrected chi connectivity index (χ1v) is 16.3. The van der Waals surface area contributed by atoms with E-state index >= 15 is 0 Å². The molecule has 5 aliphatic rings. The van der Waals surface area contributed by atoms with Crippen molar-refractivity contribution in [3.05, 3.63) is 21.5 Å². The number of carbonyl (C=O) groups is 2. The maximum atomic E-state index is 11.9. The van der Waals surface area contributed by atoms with Gasteiger partial charge in [0.15, 0.2) is 0 Å². The lowest BCUT2D eigenvalue weighted by atomic mass is 9.35. The van der Waals surface area contributed by atoms with Crippen LogP contribution in [0, 0.1) is 44.8 Å². The molecule has 0 aromatic carbocycles. The molecule has 39 heavy (non-hydrogen) atoms. The summed E-state index contributed by atoms with van der Waals surface area (Å²) in [4.78, 5) is 26.9. The Bertz CT molecular complexity index is 1100. The molecule has 0 aromatic heterocycles. The first-order valence-electron chi connectivity index (χ1n) is 15.5. The van der Waals surface area contributed by atoms with E-state index in [0.29, 0.717) is 24.4 Å². The number of esters is 2. The Labute approximate surface area is 241 Å². The maximum absolute atomic E-state index is 11.9. The summed E-state index contributed by atoms with van der Waals surface area (Å²) in [5.41, 5.74) is 2.25. The molecule has 0 unspecified atom stereocenters. The topological polar surface area (TPSA) is 52.6 Å². The molecule has 0 saturated heterocycles. The molecule has 0 bridgehead atoms. The van der Waals surface area contributed by atoms with Crippen LogP contribution in [-0.2, 0) is 19.1 Å². The van der Waals surface area contributed by atoms with Crippen molar-refractivity contribution in [2.75, 3.05) is 6.61 Å². The van der Waals surface area contributed by atoms with E-state index in [1.807, 2.05) is 11.8 Å². The summed E-state index contributed by atoms with van der Waals surface area (Å²) in [6.07, 6.45) is 12.7. The van der Waals surface area contributed by atoms with Gasteiger partial charge in [-0.25, -0.2) is 0 Å². The second-order valence-corrected chi connectivity index (χ2v) is 16.4. The normalized spacial score (nSPS) is 42.9. The zero-order valence-corrected chi connectivity index (χ0v) is 26.8. The lowest BCUT2D eigenvalue weighted by Crippen LogP contribution is -2.64. The highest BCUT2D eigenvalue weighted by Gasteiger charge is 2.68. The number of fused-ring (bicyclic) bond motifs is 6. The van der Waals surface area contributed by atoms with Gasteiger partial charge >= 0.3 is 11.9 Å². The Hall–Kier alpha value is -1.23. The van der Waals surface area contributed by atoms with Gasteiger partial charge in [0, 0.05) is 24.7 Å². The molecule has 0 N–H and O–H groups in total. The van der Waals surface area contributed by atoms with Crippen molar-refractivity contribution in [1.82, 2.24) is 0 Å². The molecule has 0 radical (unpaired) electrons.